The fourth-order valence-corrected chi connectivity index (χ4v) is 5.28. The quantitative estimate of drug-likeness (QED) is 0.458. The van der Waals surface area contributed by atoms with E-state index in [2.05, 4.69) is 116 Å². The molecule has 32 heavy (non-hydrogen) atoms. The van der Waals surface area contributed by atoms with Crippen molar-refractivity contribution in [2.24, 2.45) is 11.3 Å². The van der Waals surface area contributed by atoms with E-state index >= 15 is 0 Å². The highest BCUT2D eigenvalue weighted by Gasteiger charge is 2.28. The maximum atomic E-state index is 2.53. The zero-order valence-electron chi connectivity index (χ0n) is 21.3. The van der Waals surface area contributed by atoms with E-state index in [0.29, 0.717) is 11.8 Å². The molecule has 0 N–H and O–H groups in total. The maximum Gasteiger partial charge on any atom is 0.00552 e. The lowest BCUT2D eigenvalue weighted by atomic mass is 9.84. The van der Waals surface area contributed by atoms with Crippen LogP contribution in [-0.4, -0.2) is 0 Å². The standard InChI is InChI=1S/C32H40/c1-21-18-26(32(6,7)8)20-24(21)14-17-27-22(2)19-30-28(10-9-11-29(27)30)23-12-15-25(16-13-23)31(3,4)5/h9-13,15-16,18-20,24,27H,14,17H2,1-8H3. The van der Waals surface area contributed by atoms with Gasteiger partial charge in [-0.05, 0) is 76.8 Å². The molecule has 2 aliphatic rings. The molecule has 4 rings (SSSR count). The van der Waals surface area contributed by atoms with E-state index in [4.69, 9.17) is 0 Å². The summed E-state index contributed by atoms with van der Waals surface area (Å²) in [5.41, 5.74) is 12.0. The minimum absolute atomic E-state index is 0.187. The van der Waals surface area contributed by atoms with Crippen molar-refractivity contribution in [1.82, 2.24) is 0 Å². The maximum absolute atomic E-state index is 2.53. The smallest absolute Gasteiger partial charge is 0.00552 e. The molecule has 0 bridgehead atoms. The van der Waals surface area contributed by atoms with Gasteiger partial charge in [0.15, 0.2) is 0 Å². The Bertz CT molecular complexity index is 1090. The van der Waals surface area contributed by atoms with E-state index < -0.39 is 0 Å². The number of hydrogen-bond donors (Lipinski definition) is 0. The van der Waals surface area contributed by atoms with Gasteiger partial charge in [-0.1, -0.05) is 113 Å². The van der Waals surface area contributed by atoms with Crippen molar-refractivity contribution >= 4 is 6.08 Å². The third-order valence-corrected chi connectivity index (χ3v) is 7.48. The van der Waals surface area contributed by atoms with Gasteiger partial charge >= 0.3 is 0 Å². The molecule has 2 atom stereocenters. The van der Waals surface area contributed by atoms with Crippen molar-refractivity contribution in [3.8, 4) is 11.1 Å². The summed E-state index contributed by atoms with van der Waals surface area (Å²) in [6.07, 6.45) is 9.83. The Morgan fingerprint density at radius 2 is 1.41 bits per heavy atom. The molecule has 2 unspecified atom stereocenters. The third kappa shape index (κ3) is 4.42. The van der Waals surface area contributed by atoms with Crippen molar-refractivity contribution in [2.75, 3.05) is 0 Å². The second kappa shape index (κ2) is 8.22. The SMILES string of the molecule is CC1=CC(C(C)(C)C)=CC1CCC1C(C)=Cc2c(-c3ccc(C(C)(C)C)cc3)cccc21. The Balaban J connectivity index is 1.56. The fraction of sp³-hybridized carbons (Fsp3) is 0.438. The minimum Gasteiger partial charge on any atom is -0.0736 e. The van der Waals surface area contributed by atoms with Crippen molar-refractivity contribution in [3.63, 3.8) is 0 Å². The number of fused-ring (bicyclic) bond motifs is 1. The molecule has 2 aromatic rings. The lowest BCUT2D eigenvalue weighted by Gasteiger charge is -2.20. The van der Waals surface area contributed by atoms with Gasteiger partial charge in [0.2, 0.25) is 0 Å². The number of allylic oxidation sites excluding steroid dienone is 5. The Kier molecular flexibility index (Phi) is 5.86. The van der Waals surface area contributed by atoms with Gasteiger partial charge in [-0.15, -0.1) is 0 Å². The van der Waals surface area contributed by atoms with Crippen LogP contribution in [0, 0.1) is 11.3 Å². The average Bonchev–Trinajstić information content (AvgIpc) is 3.24. The molecule has 0 nitrogen and oxygen atoms in total. The predicted octanol–water partition coefficient (Wildman–Crippen LogP) is 9.48. The molecular formula is C32H40. The molecular weight excluding hydrogens is 384 g/mol. The molecule has 2 aromatic carbocycles. The topological polar surface area (TPSA) is 0 Å². The number of hydrogen-bond acceptors (Lipinski definition) is 0. The summed E-state index contributed by atoms with van der Waals surface area (Å²) in [4.78, 5) is 0. The molecule has 0 radical (unpaired) electrons. The van der Waals surface area contributed by atoms with Gasteiger partial charge < -0.3 is 0 Å². The zero-order valence-corrected chi connectivity index (χ0v) is 21.3. The second-order valence-corrected chi connectivity index (χ2v) is 12.0. The largest absolute Gasteiger partial charge is 0.0736 e. The van der Waals surface area contributed by atoms with Crippen LogP contribution in [0.5, 0.6) is 0 Å². The van der Waals surface area contributed by atoms with Crippen molar-refractivity contribution in [3.05, 3.63) is 88.0 Å². The van der Waals surface area contributed by atoms with E-state index in [0.717, 1.165) is 0 Å². The van der Waals surface area contributed by atoms with E-state index in [1.807, 2.05) is 0 Å². The normalized spacial score (nSPS) is 20.7. The van der Waals surface area contributed by atoms with Crippen molar-refractivity contribution in [1.29, 1.82) is 0 Å². The summed E-state index contributed by atoms with van der Waals surface area (Å²) >= 11 is 0. The predicted molar refractivity (Wildman–Crippen MR) is 141 cm³/mol. The Morgan fingerprint density at radius 3 is 2.00 bits per heavy atom. The van der Waals surface area contributed by atoms with E-state index in [1.54, 1.807) is 0 Å². The molecule has 0 saturated heterocycles. The first-order chi connectivity index (χ1) is 14.9. The Hall–Kier alpha value is -2.34. The highest BCUT2D eigenvalue weighted by molar-refractivity contribution is 5.81. The summed E-state index contributed by atoms with van der Waals surface area (Å²) in [6, 6.07) is 16.1. The molecule has 0 saturated carbocycles. The lowest BCUT2D eigenvalue weighted by molar-refractivity contribution is 0.513. The van der Waals surface area contributed by atoms with E-state index in [9.17, 15) is 0 Å². The van der Waals surface area contributed by atoms with E-state index in [-0.39, 0.29) is 10.8 Å². The van der Waals surface area contributed by atoms with Crippen LogP contribution in [0.1, 0.15) is 90.8 Å². The van der Waals surface area contributed by atoms with Crippen LogP contribution >= 0.6 is 0 Å². The molecule has 0 spiro atoms. The van der Waals surface area contributed by atoms with Crippen LogP contribution in [0.3, 0.4) is 0 Å². The number of rotatable bonds is 4. The first kappa shape index (κ1) is 22.8. The van der Waals surface area contributed by atoms with Crippen molar-refractivity contribution in [2.45, 2.75) is 79.6 Å². The average molecular weight is 425 g/mol. The van der Waals surface area contributed by atoms with Gasteiger partial charge in [-0.25, -0.2) is 0 Å². The van der Waals surface area contributed by atoms with Gasteiger partial charge in [0.25, 0.3) is 0 Å². The third-order valence-electron chi connectivity index (χ3n) is 7.48. The first-order valence-corrected chi connectivity index (χ1v) is 12.3. The second-order valence-electron chi connectivity index (χ2n) is 12.0. The number of benzene rings is 2. The van der Waals surface area contributed by atoms with Gasteiger partial charge in [0.1, 0.15) is 0 Å². The van der Waals surface area contributed by atoms with Crippen molar-refractivity contribution < 1.29 is 0 Å². The van der Waals surface area contributed by atoms with Gasteiger partial charge in [0, 0.05) is 5.92 Å². The van der Waals surface area contributed by atoms with Crippen LogP contribution < -0.4 is 0 Å². The lowest BCUT2D eigenvalue weighted by Crippen LogP contribution is -2.10. The van der Waals surface area contributed by atoms with Crippen LogP contribution in [0.15, 0.2) is 71.3 Å². The van der Waals surface area contributed by atoms with Crippen LogP contribution in [0.25, 0.3) is 17.2 Å². The summed E-state index contributed by atoms with van der Waals surface area (Å²) < 4.78 is 0. The molecule has 168 valence electrons. The zero-order chi connectivity index (χ0) is 23.3. The highest BCUT2D eigenvalue weighted by Crippen LogP contribution is 2.45. The molecule has 0 aromatic heterocycles. The molecule has 0 heterocycles. The molecule has 0 aliphatic heterocycles. The molecule has 0 heteroatoms. The molecule has 0 amide bonds. The monoisotopic (exact) mass is 424 g/mol. The Labute approximate surface area is 196 Å². The summed E-state index contributed by atoms with van der Waals surface area (Å²) in [7, 11) is 0. The fourth-order valence-electron chi connectivity index (χ4n) is 5.28. The molecule has 2 aliphatic carbocycles. The van der Waals surface area contributed by atoms with Gasteiger partial charge in [-0.3, -0.25) is 0 Å². The van der Waals surface area contributed by atoms with Crippen LogP contribution in [0.4, 0.5) is 0 Å². The van der Waals surface area contributed by atoms with E-state index in [1.165, 1.54) is 57.4 Å². The first-order valence-electron chi connectivity index (χ1n) is 12.3. The minimum atomic E-state index is 0.187. The highest BCUT2D eigenvalue weighted by atomic mass is 14.3. The van der Waals surface area contributed by atoms with Crippen LogP contribution in [0.2, 0.25) is 0 Å². The van der Waals surface area contributed by atoms with Gasteiger partial charge in [0.05, 0.1) is 0 Å². The van der Waals surface area contributed by atoms with Gasteiger partial charge in [-0.2, -0.15) is 0 Å². The molecule has 0 fully saturated rings. The Morgan fingerprint density at radius 1 is 0.719 bits per heavy atom. The summed E-state index contributed by atoms with van der Waals surface area (Å²) in [5, 5.41) is 0. The summed E-state index contributed by atoms with van der Waals surface area (Å²) in [5.74, 6) is 1.13. The summed E-state index contributed by atoms with van der Waals surface area (Å²) in [6.45, 7) is 18.4. The van der Waals surface area contributed by atoms with Crippen LogP contribution in [-0.2, 0) is 5.41 Å².